The van der Waals surface area contributed by atoms with Crippen LogP contribution in [-0.4, -0.2) is 45.7 Å². The smallest absolute Gasteiger partial charge is 0.396 e. The lowest BCUT2D eigenvalue weighted by Gasteiger charge is -2.15. The number of alkyl halides is 2. The maximum Gasteiger partial charge on any atom is 0.396 e. The number of aryl methyl sites for hydroxylation is 1. The molecule has 3 rings (SSSR count). The van der Waals surface area contributed by atoms with Crippen LogP contribution in [0.1, 0.15) is 12.5 Å². The summed E-state index contributed by atoms with van der Waals surface area (Å²) in [6.07, 6.45) is -1.50. The average molecular weight is 444 g/mol. The van der Waals surface area contributed by atoms with Crippen LogP contribution in [0.25, 0.3) is 22.0 Å². The second-order valence-corrected chi connectivity index (χ2v) is 10.8. The fourth-order valence-electron chi connectivity index (χ4n) is 3.13. The van der Waals surface area contributed by atoms with E-state index in [9.17, 15) is 25.6 Å². The molecule has 0 bridgehead atoms. The normalized spacial score (nSPS) is 13.0. The summed E-state index contributed by atoms with van der Waals surface area (Å²) in [6, 6.07) is 6.99. The summed E-state index contributed by atoms with van der Waals surface area (Å²) in [5.74, 6) is -0.460. The SMILES string of the molecule is Cc1cc(-c2c(S(C)(=O)=O)ccc3[nH]nc(OC(C)(F)F)c23)ccc1S(C)(=O)=O. The van der Waals surface area contributed by atoms with Crippen LogP contribution < -0.4 is 4.74 Å². The third-order valence-electron chi connectivity index (χ3n) is 4.20. The first-order valence-corrected chi connectivity index (χ1v) is 12.1. The number of fused-ring (bicyclic) bond motifs is 1. The zero-order chi connectivity index (χ0) is 21.8. The Bertz CT molecular complexity index is 1320. The molecule has 0 atom stereocenters. The maximum absolute atomic E-state index is 13.5. The highest BCUT2D eigenvalue weighted by molar-refractivity contribution is 7.91. The second-order valence-electron chi connectivity index (χ2n) is 6.82. The Kier molecular flexibility index (Phi) is 4.94. The molecule has 0 spiro atoms. The van der Waals surface area contributed by atoms with Crippen LogP contribution in [0, 0.1) is 6.92 Å². The molecular formula is C18H18F2N2O5S2. The highest BCUT2D eigenvalue weighted by atomic mass is 32.2. The Hall–Kier alpha value is -2.53. The van der Waals surface area contributed by atoms with Gasteiger partial charge in [-0.3, -0.25) is 5.10 Å². The van der Waals surface area contributed by atoms with Gasteiger partial charge in [0.25, 0.3) is 0 Å². The van der Waals surface area contributed by atoms with Crippen molar-refractivity contribution >= 4 is 30.6 Å². The molecule has 156 valence electrons. The summed E-state index contributed by atoms with van der Waals surface area (Å²) in [5, 5.41) is 6.36. The number of nitrogens with zero attached hydrogens (tertiary/aromatic N) is 1. The number of benzene rings is 2. The number of aromatic amines is 1. The number of hydrogen-bond donors (Lipinski definition) is 1. The molecule has 2 aromatic carbocycles. The van der Waals surface area contributed by atoms with Gasteiger partial charge in [-0.1, -0.05) is 12.1 Å². The van der Waals surface area contributed by atoms with E-state index in [1.165, 1.54) is 30.3 Å². The van der Waals surface area contributed by atoms with Crippen LogP contribution in [-0.2, 0) is 19.7 Å². The lowest BCUT2D eigenvalue weighted by molar-refractivity contribution is -0.160. The van der Waals surface area contributed by atoms with E-state index in [1.54, 1.807) is 6.92 Å². The minimum Gasteiger partial charge on any atom is -0.413 e. The number of halogens is 2. The predicted molar refractivity (Wildman–Crippen MR) is 104 cm³/mol. The van der Waals surface area contributed by atoms with Gasteiger partial charge in [0.15, 0.2) is 19.7 Å². The summed E-state index contributed by atoms with van der Waals surface area (Å²) in [4.78, 5) is -0.0414. The van der Waals surface area contributed by atoms with Crippen molar-refractivity contribution in [1.29, 1.82) is 0 Å². The summed E-state index contributed by atoms with van der Waals surface area (Å²) in [6.45, 7) is 2.10. The third kappa shape index (κ3) is 4.25. The van der Waals surface area contributed by atoms with Crippen molar-refractivity contribution < 1.29 is 30.4 Å². The number of ether oxygens (including phenoxy) is 1. The fourth-order valence-corrected chi connectivity index (χ4v) is 4.99. The highest BCUT2D eigenvalue weighted by Crippen LogP contribution is 2.40. The number of H-pyrrole nitrogens is 1. The molecule has 0 aliphatic rings. The van der Waals surface area contributed by atoms with Crippen LogP contribution in [0.5, 0.6) is 5.88 Å². The molecule has 0 unspecified atom stereocenters. The van der Waals surface area contributed by atoms with Crippen LogP contribution >= 0.6 is 0 Å². The molecular weight excluding hydrogens is 426 g/mol. The molecule has 0 aliphatic carbocycles. The minimum atomic E-state index is -3.77. The van der Waals surface area contributed by atoms with Crippen molar-refractivity contribution in [1.82, 2.24) is 10.2 Å². The second kappa shape index (κ2) is 6.77. The van der Waals surface area contributed by atoms with Gasteiger partial charge in [-0.05, 0) is 36.2 Å². The third-order valence-corrected chi connectivity index (χ3v) is 6.59. The standard InChI is InChI=1S/C18H18F2N2O5S2/c1-10-9-11(5-7-13(10)28(3,23)24)15-14(29(4,25)26)8-6-12-16(15)17(22-21-12)27-18(2,19)20/h5-9H,1-4H3,(H,21,22). The van der Waals surface area contributed by atoms with Gasteiger partial charge in [0, 0.05) is 25.0 Å². The molecule has 0 aliphatic heterocycles. The van der Waals surface area contributed by atoms with Gasteiger partial charge in [-0.25, -0.2) is 16.8 Å². The molecule has 1 aromatic heterocycles. The Morgan fingerprint density at radius 1 is 1.00 bits per heavy atom. The van der Waals surface area contributed by atoms with Gasteiger partial charge in [0.2, 0.25) is 5.88 Å². The van der Waals surface area contributed by atoms with Gasteiger partial charge in [-0.15, -0.1) is 5.10 Å². The molecule has 3 aromatic rings. The molecule has 0 saturated heterocycles. The number of hydrogen-bond acceptors (Lipinski definition) is 6. The van der Waals surface area contributed by atoms with Gasteiger partial charge in [0.1, 0.15) is 0 Å². The molecule has 0 amide bonds. The van der Waals surface area contributed by atoms with Crippen molar-refractivity contribution in [3.63, 3.8) is 0 Å². The Morgan fingerprint density at radius 3 is 2.10 bits per heavy atom. The average Bonchev–Trinajstić information content (AvgIpc) is 2.93. The van der Waals surface area contributed by atoms with Crippen molar-refractivity contribution in [3.05, 3.63) is 35.9 Å². The topological polar surface area (TPSA) is 106 Å². The van der Waals surface area contributed by atoms with E-state index in [1.807, 2.05) is 0 Å². The highest BCUT2D eigenvalue weighted by Gasteiger charge is 2.29. The van der Waals surface area contributed by atoms with Gasteiger partial charge < -0.3 is 4.74 Å². The van der Waals surface area contributed by atoms with Crippen LogP contribution in [0.2, 0.25) is 0 Å². The Morgan fingerprint density at radius 2 is 1.59 bits per heavy atom. The van der Waals surface area contributed by atoms with E-state index < -0.39 is 31.7 Å². The van der Waals surface area contributed by atoms with Gasteiger partial charge in [0.05, 0.1) is 20.7 Å². The summed E-state index contributed by atoms with van der Waals surface area (Å²) in [7, 11) is -7.26. The zero-order valence-electron chi connectivity index (χ0n) is 15.9. The van der Waals surface area contributed by atoms with Crippen molar-refractivity contribution in [2.75, 3.05) is 12.5 Å². The molecule has 1 heterocycles. The molecule has 0 radical (unpaired) electrons. The van der Waals surface area contributed by atoms with Crippen molar-refractivity contribution in [3.8, 4) is 17.0 Å². The van der Waals surface area contributed by atoms with E-state index in [0.717, 1.165) is 12.5 Å². The van der Waals surface area contributed by atoms with Crippen LogP contribution in [0.15, 0.2) is 40.1 Å². The first-order chi connectivity index (χ1) is 13.2. The Balaban J connectivity index is 2.41. The van der Waals surface area contributed by atoms with E-state index >= 15 is 0 Å². The quantitative estimate of drug-likeness (QED) is 0.647. The first-order valence-electron chi connectivity index (χ1n) is 8.27. The minimum absolute atomic E-state index is 0.0564. The zero-order valence-corrected chi connectivity index (χ0v) is 17.6. The van der Waals surface area contributed by atoms with Gasteiger partial charge >= 0.3 is 6.11 Å². The largest absolute Gasteiger partial charge is 0.413 e. The summed E-state index contributed by atoms with van der Waals surface area (Å²) in [5.41, 5.74) is 1.09. The summed E-state index contributed by atoms with van der Waals surface area (Å²) >= 11 is 0. The number of aromatic nitrogens is 2. The first kappa shape index (κ1) is 21.2. The van der Waals surface area contributed by atoms with E-state index in [0.29, 0.717) is 18.1 Å². The summed E-state index contributed by atoms with van der Waals surface area (Å²) < 4.78 is 80.1. The van der Waals surface area contributed by atoms with Gasteiger partial charge in [-0.2, -0.15) is 8.78 Å². The van der Waals surface area contributed by atoms with E-state index in [-0.39, 0.29) is 26.3 Å². The molecule has 0 saturated carbocycles. The predicted octanol–water partition coefficient (Wildman–Crippen LogP) is 3.34. The van der Waals surface area contributed by atoms with Crippen molar-refractivity contribution in [2.24, 2.45) is 0 Å². The van der Waals surface area contributed by atoms with Crippen LogP contribution in [0.3, 0.4) is 0 Å². The molecule has 7 nitrogen and oxygen atoms in total. The van der Waals surface area contributed by atoms with E-state index in [4.69, 9.17) is 0 Å². The van der Waals surface area contributed by atoms with E-state index in [2.05, 4.69) is 14.9 Å². The molecule has 11 heteroatoms. The molecule has 1 N–H and O–H groups in total. The maximum atomic E-state index is 13.5. The lowest BCUT2D eigenvalue weighted by atomic mass is 10.00. The van der Waals surface area contributed by atoms with Crippen molar-refractivity contribution in [2.45, 2.75) is 29.7 Å². The monoisotopic (exact) mass is 444 g/mol. The fraction of sp³-hybridized carbons (Fsp3) is 0.278. The molecule has 0 fully saturated rings. The number of sulfone groups is 2. The molecule has 29 heavy (non-hydrogen) atoms. The Labute approximate surface area is 166 Å². The number of nitrogens with one attached hydrogen (secondary N) is 1. The van der Waals surface area contributed by atoms with Crippen LogP contribution in [0.4, 0.5) is 8.78 Å². The lowest BCUT2D eigenvalue weighted by Crippen LogP contribution is -2.19. The number of rotatable bonds is 5.